The number of piperidine rings is 1. The maximum absolute atomic E-state index is 9.53. The summed E-state index contributed by atoms with van der Waals surface area (Å²) in [6.07, 6.45) is 5.41. The molecule has 1 aromatic rings. The molecular weight excluding hydrogens is 465 g/mol. The van der Waals surface area contributed by atoms with Crippen LogP contribution < -0.4 is 10.6 Å². The molecular formula is C18H31ClIN5O. The molecule has 26 heavy (non-hydrogen) atoms. The van der Waals surface area contributed by atoms with Gasteiger partial charge in [0.05, 0.1) is 6.10 Å². The lowest BCUT2D eigenvalue weighted by molar-refractivity contribution is 0.0824. The summed E-state index contributed by atoms with van der Waals surface area (Å²) >= 11 is 5.80. The molecule has 0 amide bonds. The standard InChI is InChI=1S/C18H30ClN5O.HI/c1-2-20-18(22-10-6-15-4-5-17(19)23-14-15)21-9-3-11-24-12-7-16(25)8-13-24;/h4-5,14,16,25H,2-3,6-13H2,1H3,(H2,20,21,22);1H. The highest BCUT2D eigenvalue weighted by Crippen LogP contribution is 2.09. The molecule has 1 aromatic heterocycles. The number of rotatable bonds is 8. The number of aliphatic hydroxyl groups is 1. The summed E-state index contributed by atoms with van der Waals surface area (Å²) < 4.78 is 0. The van der Waals surface area contributed by atoms with Crippen molar-refractivity contribution in [3.8, 4) is 0 Å². The minimum Gasteiger partial charge on any atom is -0.393 e. The highest BCUT2D eigenvalue weighted by atomic mass is 127. The third kappa shape index (κ3) is 9.34. The predicted octanol–water partition coefficient (Wildman–Crippen LogP) is 2.30. The Kier molecular flexibility index (Phi) is 12.2. The van der Waals surface area contributed by atoms with Crippen LogP contribution in [0.4, 0.5) is 0 Å². The van der Waals surface area contributed by atoms with E-state index in [0.717, 1.165) is 76.5 Å². The third-order valence-electron chi connectivity index (χ3n) is 4.30. The van der Waals surface area contributed by atoms with Crippen molar-refractivity contribution in [1.29, 1.82) is 0 Å². The van der Waals surface area contributed by atoms with Gasteiger partial charge < -0.3 is 20.6 Å². The van der Waals surface area contributed by atoms with Crippen LogP contribution >= 0.6 is 35.6 Å². The van der Waals surface area contributed by atoms with Crippen molar-refractivity contribution in [2.45, 2.75) is 38.7 Å². The molecule has 2 heterocycles. The molecule has 0 saturated carbocycles. The first-order valence-electron chi connectivity index (χ1n) is 9.20. The molecule has 1 aliphatic rings. The minimum absolute atomic E-state index is 0. The van der Waals surface area contributed by atoms with Crippen molar-refractivity contribution >= 4 is 41.5 Å². The zero-order valence-electron chi connectivity index (χ0n) is 15.5. The smallest absolute Gasteiger partial charge is 0.191 e. The Bertz CT molecular complexity index is 521. The van der Waals surface area contributed by atoms with Crippen LogP contribution in [0.5, 0.6) is 0 Å². The average molecular weight is 496 g/mol. The molecule has 3 N–H and O–H groups in total. The largest absolute Gasteiger partial charge is 0.393 e. The molecule has 0 spiro atoms. The first kappa shape index (κ1) is 23.4. The summed E-state index contributed by atoms with van der Waals surface area (Å²) in [5, 5.41) is 16.7. The average Bonchev–Trinajstić information content (AvgIpc) is 2.62. The summed E-state index contributed by atoms with van der Waals surface area (Å²) in [4.78, 5) is 11.1. The maximum Gasteiger partial charge on any atom is 0.191 e. The van der Waals surface area contributed by atoms with Crippen LogP contribution in [-0.4, -0.2) is 66.3 Å². The van der Waals surface area contributed by atoms with Crippen LogP contribution in [-0.2, 0) is 6.42 Å². The third-order valence-corrected chi connectivity index (χ3v) is 4.52. The van der Waals surface area contributed by atoms with E-state index in [9.17, 15) is 5.11 Å². The van der Waals surface area contributed by atoms with E-state index in [-0.39, 0.29) is 30.1 Å². The van der Waals surface area contributed by atoms with Gasteiger partial charge in [-0.3, -0.25) is 4.99 Å². The van der Waals surface area contributed by atoms with Gasteiger partial charge in [0.1, 0.15) is 5.15 Å². The van der Waals surface area contributed by atoms with Gasteiger partial charge in [0.25, 0.3) is 0 Å². The van der Waals surface area contributed by atoms with Crippen LogP contribution in [0.3, 0.4) is 0 Å². The Morgan fingerprint density at radius 3 is 2.77 bits per heavy atom. The second kappa shape index (κ2) is 13.5. The fourth-order valence-electron chi connectivity index (χ4n) is 2.85. The highest BCUT2D eigenvalue weighted by molar-refractivity contribution is 14.0. The van der Waals surface area contributed by atoms with Crippen molar-refractivity contribution < 1.29 is 5.11 Å². The van der Waals surface area contributed by atoms with Gasteiger partial charge in [-0.15, -0.1) is 24.0 Å². The van der Waals surface area contributed by atoms with E-state index in [1.165, 1.54) is 0 Å². The van der Waals surface area contributed by atoms with E-state index >= 15 is 0 Å². The minimum atomic E-state index is -0.102. The van der Waals surface area contributed by atoms with Gasteiger partial charge in [0.15, 0.2) is 5.96 Å². The fourth-order valence-corrected chi connectivity index (χ4v) is 2.96. The number of pyridine rings is 1. The van der Waals surface area contributed by atoms with Crippen LogP contribution in [0, 0.1) is 0 Å². The zero-order valence-corrected chi connectivity index (χ0v) is 18.5. The van der Waals surface area contributed by atoms with Crippen LogP contribution in [0.2, 0.25) is 5.15 Å². The maximum atomic E-state index is 9.53. The summed E-state index contributed by atoms with van der Waals surface area (Å²) in [5.74, 6) is 0.860. The number of hydrogen-bond acceptors (Lipinski definition) is 4. The number of guanidine groups is 1. The lowest BCUT2D eigenvalue weighted by Gasteiger charge is -2.29. The van der Waals surface area contributed by atoms with E-state index < -0.39 is 0 Å². The van der Waals surface area contributed by atoms with Gasteiger partial charge in [-0.1, -0.05) is 17.7 Å². The Labute approximate surface area is 178 Å². The van der Waals surface area contributed by atoms with E-state index in [1.54, 1.807) is 0 Å². The highest BCUT2D eigenvalue weighted by Gasteiger charge is 2.15. The molecule has 1 saturated heterocycles. The molecule has 0 aliphatic carbocycles. The number of nitrogens with zero attached hydrogens (tertiary/aromatic N) is 3. The Morgan fingerprint density at radius 2 is 2.12 bits per heavy atom. The lowest BCUT2D eigenvalue weighted by atomic mass is 10.1. The molecule has 1 fully saturated rings. The van der Waals surface area contributed by atoms with E-state index in [0.29, 0.717) is 5.15 Å². The Morgan fingerprint density at radius 1 is 1.35 bits per heavy atom. The fraction of sp³-hybridized carbons (Fsp3) is 0.667. The van der Waals surface area contributed by atoms with Gasteiger partial charge in [-0.2, -0.15) is 0 Å². The molecule has 8 heteroatoms. The molecule has 0 atom stereocenters. The second-order valence-electron chi connectivity index (χ2n) is 6.35. The Balaban J connectivity index is 0.00000338. The van der Waals surface area contributed by atoms with E-state index in [4.69, 9.17) is 11.6 Å². The van der Waals surface area contributed by atoms with Gasteiger partial charge in [0, 0.05) is 38.9 Å². The van der Waals surface area contributed by atoms with Crippen molar-refractivity contribution in [2.24, 2.45) is 4.99 Å². The van der Waals surface area contributed by atoms with Crippen LogP contribution in [0.1, 0.15) is 31.7 Å². The molecule has 1 aliphatic heterocycles. The van der Waals surface area contributed by atoms with Crippen LogP contribution in [0.15, 0.2) is 23.3 Å². The van der Waals surface area contributed by atoms with Crippen molar-refractivity contribution in [3.63, 3.8) is 0 Å². The summed E-state index contributed by atoms with van der Waals surface area (Å²) in [7, 11) is 0. The van der Waals surface area contributed by atoms with Gasteiger partial charge >= 0.3 is 0 Å². The SMILES string of the molecule is CCNC(=NCCCN1CCC(O)CC1)NCCc1ccc(Cl)nc1.I. The monoisotopic (exact) mass is 495 g/mol. The summed E-state index contributed by atoms with van der Waals surface area (Å²) in [6, 6.07) is 3.81. The summed E-state index contributed by atoms with van der Waals surface area (Å²) in [5.41, 5.74) is 1.15. The zero-order chi connectivity index (χ0) is 17.9. The molecule has 0 unspecified atom stereocenters. The number of aromatic nitrogens is 1. The molecule has 0 bridgehead atoms. The molecule has 6 nitrogen and oxygen atoms in total. The predicted molar refractivity (Wildman–Crippen MR) is 119 cm³/mol. The number of likely N-dealkylation sites (tertiary alicyclic amines) is 1. The number of halogens is 2. The molecule has 148 valence electrons. The van der Waals surface area contributed by atoms with Crippen molar-refractivity contribution in [3.05, 3.63) is 29.0 Å². The molecule has 0 radical (unpaired) electrons. The van der Waals surface area contributed by atoms with Gasteiger partial charge in [0.2, 0.25) is 0 Å². The van der Waals surface area contributed by atoms with Crippen LogP contribution in [0.25, 0.3) is 0 Å². The quantitative estimate of drug-likeness (QED) is 0.170. The second-order valence-corrected chi connectivity index (χ2v) is 6.74. The molecule has 0 aromatic carbocycles. The number of aliphatic hydroxyl groups excluding tert-OH is 1. The topological polar surface area (TPSA) is 72.8 Å². The normalized spacial score (nSPS) is 16.2. The number of hydrogen-bond donors (Lipinski definition) is 3. The lowest BCUT2D eigenvalue weighted by Crippen LogP contribution is -2.39. The van der Waals surface area contributed by atoms with Gasteiger partial charge in [-0.25, -0.2) is 4.98 Å². The first-order valence-corrected chi connectivity index (χ1v) is 9.58. The number of nitrogens with one attached hydrogen (secondary N) is 2. The first-order chi connectivity index (χ1) is 12.2. The molecule has 2 rings (SSSR count). The van der Waals surface area contributed by atoms with E-state index in [2.05, 4.69) is 32.4 Å². The number of aliphatic imine (C=N–C) groups is 1. The van der Waals surface area contributed by atoms with E-state index in [1.807, 2.05) is 18.3 Å². The van der Waals surface area contributed by atoms with Gasteiger partial charge in [-0.05, 0) is 50.8 Å². The summed E-state index contributed by atoms with van der Waals surface area (Å²) in [6.45, 7) is 7.57. The Hall–Kier alpha value is -0.640. The van der Waals surface area contributed by atoms with Crippen molar-refractivity contribution in [1.82, 2.24) is 20.5 Å². The van der Waals surface area contributed by atoms with Crippen molar-refractivity contribution in [2.75, 3.05) is 39.3 Å².